The van der Waals surface area contributed by atoms with Crippen LogP contribution >= 0.6 is 15.9 Å². The first-order valence-electron chi connectivity index (χ1n) is 3.33. The number of nitrogens with one attached hydrogen (secondary N) is 1. The molecule has 0 atom stereocenters. The number of anilines is 1. The lowest BCUT2D eigenvalue weighted by atomic mass is 10.4. The summed E-state index contributed by atoms with van der Waals surface area (Å²) in [6, 6.07) is 1.27. The smallest absolute Gasteiger partial charge is 0.278 e. The highest BCUT2D eigenvalue weighted by Crippen LogP contribution is 2.22. The SMILES string of the molecule is O=S(=O)(Nc1ccncc1Br)C(F)F. The Morgan fingerprint density at radius 1 is 1.50 bits per heavy atom. The first-order chi connectivity index (χ1) is 6.43. The molecule has 0 unspecified atom stereocenters. The van der Waals surface area contributed by atoms with Crippen LogP contribution < -0.4 is 4.72 Å². The van der Waals surface area contributed by atoms with Crippen LogP contribution in [0.1, 0.15) is 0 Å². The maximum Gasteiger partial charge on any atom is 0.355 e. The molecule has 1 aromatic heterocycles. The van der Waals surface area contributed by atoms with Crippen LogP contribution in [0.3, 0.4) is 0 Å². The first kappa shape index (κ1) is 11.3. The molecule has 0 saturated carbocycles. The van der Waals surface area contributed by atoms with Crippen molar-refractivity contribution in [3.63, 3.8) is 0 Å². The van der Waals surface area contributed by atoms with Crippen LogP contribution in [-0.4, -0.2) is 19.2 Å². The topological polar surface area (TPSA) is 59.1 Å². The molecule has 0 amide bonds. The molecular formula is C6H5BrF2N2O2S. The number of halogens is 3. The number of hydrogen-bond donors (Lipinski definition) is 1. The third kappa shape index (κ3) is 2.61. The molecule has 0 aliphatic carbocycles. The monoisotopic (exact) mass is 286 g/mol. The van der Waals surface area contributed by atoms with E-state index in [0.29, 0.717) is 4.47 Å². The highest BCUT2D eigenvalue weighted by atomic mass is 79.9. The van der Waals surface area contributed by atoms with Gasteiger partial charge in [0, 0.05) is 12.4 Å². The molecule has 1 N–H and O–H groups in total. The quantitative estimate of drug-likeness (QED) is 0.922. The van der Waals surface area contributed by atoms with E-state index in [-0.39, 0.29) is 5.69 Å². The fourth-order valence-electron chi connectivity index (χ4n) is 0.656. The summed E-state index contributed by atoms with van der Waals surface area (Å²) in [6.07, 6.45) is 2.58. The third-order valence-corrected chi connectivity index (χ3v) is 2.86. The lowest BCUT2D eigenvalue weighted by Gasteiger charge is -2.07. The van der Waals surface area contributed by atoms with E-state index >= 15 is 0 Å². The van der Waals surface area contributed by atoms with E-state index < -0.39 is 15.8 Å². The molecule has 78 valence electrons. The molecule has 14 heavy (non-hydrogen) atoms. The zero-order chi connectivity index (χ0) is 10.8. The van der Waals surface area contributed by atoms with Gasteiger partial charge in [-0.05, 0) is 22.0 Å². The minimum atomic E-state index is -4.61. The molecule has 1 aromatic rings. The van der Waals surface area contributed by atoms with Crippen molar-refractivity contribution in [3.8, 4) is 0 Å². The van der Waals surface area contributed by atoms with Gasteiger partial charge < -0.3 is 0 Å². The molecule has 0 fully saturated rings. The molecule has 0 bridgehead atoms. The molecule has 0 aliphatic heterocycles. The van der Waals surface area contributed by atoms with Crippen molar-refractivity contribution in [2.24, 2.45) is 0 Å². The predicted molar refractivity (Wildman–Crippen MR) is 50.5 cm³/mol. The van der Waals surface area contributed by atoms with Crippen LogP contribution in [0.5, 0.6) is 0 Å². The van der Waals surface area contributed by atoms with Gasteiger partial charge in [0.15, 0.2) is 0 Å². The number of hydrogen-bond acceptors (Lipinski definition) is 3. The van der Waals surface area contributed by atoms with E-state index in [1.165, 1.54) is 18.5 Å². The molecule has 0 spiro atoms. The molecule has 8 heteroatoms. The van der Waals surface area contributed by atoms with Crippen molar-refractivity contribution in [2.75, 3.05) is 4.72 Å². The van der Waals surface area contributed by atoms with Crippen LogP contribution in [0.25, 0.3) is 0 Å². The van der Waals surface area contributed by atoms with Crippen molar-refractivity contribution in [1.82, 2.24) is 4.98 Å². The molecular weight excluding hydrogens is 282 g/mol. The number of sulfonamides is 1. The summed E-state index contributed by atoms with van der Waals surface area (Å²) in [6.45, 7) is 0. The van der Waals surface area contributed by atoms with E-state index in [1.807, 2.05) is 0 Å². The van der Waals surface area contributed by atoms with Gasteiger partial charge in [-0.2, -0.15) is 8.78 Å². The second kappa shape index (κ2) is 4.18. The summed E-state index contributed by atoms with van der Waals surface area (Å²) >= 11 is 2.96. The molecule has 0 aliphatic rings. The van der Waals surface area contributed by atoms with E-state index in [0.717, 1.165) is 0 Å². The average molecular weight is 287 g/mol. The number of nitrogens with zero attached hydrogens (tertiary/aromatic N) is 1. The van der Waals surface area contributed by atoms with Crippen LogP contribution in [0.2, 0.25) is 0 Å². The standard InChI is InChI=1S/C6H5BrF2N2O2S/c7-4-3-10-2-1-5(4)11-14(12,13)6(8)9/h1-3,6H,(H,10,11). The zero-order valence-corrected chi connectivity index (χ0v) is 9.02. The molecule has 0 radical (unpaired) electrons. The summed E-state index contributed by atoms with van der Waals surface area (Å²) in [4.78, 5) is 3.65. The Morgan fingerprint density at radius 2 is 2.14 bits per heavy atom. The van der Waals surface area contributed by atoms with E-state index in [2.05, 4.69) is 20.9 Å². The first-order valence-corrected chi connectivity index (χ1v) is 5.66. The van der Waals surface area contributed by atoms with Crippen molar-refractivity contribution in [1.29, 1.82) is 0 Å². The Morgan fingerprint density at radius 3 is 2.64 bits per heavy atom. The second-order valence-electron chi connectivity index (χ2n) is 2.26. The van der Waals surface area contributed by atoms with E-state index in [9.17, 15) is 17.2 Å². The van der Waals surface area contributed by atoms with Gasteiger partial charge in [0.05, 0.1) is 10.2 Å². The zero-order valence-electron chi connectivity index (χ0n) is 6.62. The van der Waals surface area contributed by atoms with Crippen molar-refractivity contribution in [2.45, 2.75) is 5.76 Å². The molecule has 0 aromatic carbocycles. The Balaban J connectivity index is 2.96. The fraction of sp³-hybridized carbons (Fsp3) is 0.167. The van der Waals surface area contributed by atoms with Gasteiger partial charge in [-0.3, -0.25) is 9.71 Å². The van der Waals surface area contributed by atoms with Gasteiger partial charge in [-0.15, -0.1) is 0 Å². The van der Waals surface area contributed by atoms with Gasteiger partial charge in [0.2, 0.25) is 0 Å². The minimum absolute atomic E-state index is 0.0281. The van der Waals surface area contributed by atoms with Crippen LogP contribution in [0.4, 0.5) is 14.5 Å². The predicted octanol–water partition coefficient (Wildman–Crippen LogP) is 1.81. The van der Waals surface area contributed by atoms with Crippen molar-refractivity contribution >= 4 is 31.6 Å². The van der Waals surface area contributed by atoms with Crippen LogP contribution in [0, 0.1) is 0 Å². The van der Waals surface area contributed by atoms with Crippen molar-refractivity contribution in [3.05, 3.63) is 22.9 Å². The summed E-state index contributed by atoms with van der Waals surface area (Å²) in [5, 5.41) is 0. The summed E-state index contributed by atoms with van der Waals surface area (Å²) in [7, 11) is -4.61. The van der Waals surface area contributed by atoms with Gasteiger partial charge in [-0.25, -0.2) is 8.42 Å². The Kier molecular flexibility index (Phi) is 3.38. The molecule has 1 rings (SSSR count). The maximum absolute atomic E-state index is 11.9. The van der Waals surface area contributed by atoms with Crippen molar-refractivity contribution < 1.29 is 17.2 Å². The Bertz CT molecular complexity index is 424. The molecule has 4 nitrogen and oxygen atoms in total. The lowest BCUT2D eigenvalue weighted by Crippen LogP contribution is -2.20. The summed E-state index contributed by atoms with van der Waals surface area (Å²) in [5.41, 5.74) is 0.0281. The molecule has 1 heterocycles. The molecule has 0 saturated heterocycles. The van der Waals surface area contributed by atoms with Gasteiger partial charge in [0.25, 0.3) is 10.0 Å². The lowest BCUT2D eigenvalue weighted by molar-refractivity contribution is 0.236. The largest absolute Gasteiger partial charge is 0.355 e. The Labute approximate surface area is 87.5 Å². The number of alkyl halides is 2. The van der Waals surface area contributed by atoms with E-state index in [1.54, 1.807) is 4.72 Å². The summed E-state index contributed by atoms with van der Waals surface area (Å²) in [5.74, 6) is -3.46. The van der Waals surface area contributed by atoms with Gasteiger partial charge in [0.1, 0.15) is 0 Å². The minimum Gasteiger partial charge on any atom is -0.278 e. The fourth-order valence-corrected chi connectivity index (χ4v) is 1.71. The van der Waals surface area contributed by atoms with Crippen LogP contribution in [-0.2, 0) is 10.0 Å². The highest BCUT2D eigenvalue weighted by molar-refractivity contribution is 9.10. The number of rotatable bonds is 3. The van der Waals surface area contributed by atoms with Gasteiger partial charge in [-0.1, -0.05) is 0 Å². The number of aromatic nitrogens is 1. The van der Waals surface area contributed by atoms with Crippen LogP contribution in [0.15, 0.2) is 22.9 Å². The average Bonchev–Trinajstić information content (AvgIpc) is 2.08. The summed E-state index contributed by atoms with van der Waals surface area (Å²) < 4.78 is 47.4. The highest BCUT2D eigenvalue weighted by Gasteiger charge is 2.24. The maximum atomic E-state index is 11.9. The third-order valence-electron chi connectivity index (χ3n) is 1.26. The van der Waals surface area contributed by atoms with Gasteiger partial charge >= 0.3 is 5.76 Å². The van der Waals surface area contributed by atoms with E-state index in [4.69, 9.17) is 0 Å². The normalized spacial score (nSPS) is 11.7. The Hall–Kier alpha value is -0.760. The number of pyridine rings is 1. The second-order valence-corrected chi connectivity index (χ2v) is 4.77.